The second-order valence-electron chi connectivity index (χ2n) is 12.3. The Bertz CT molecular complexity index is 1330. The molecule has 7 heteroatoms. The second kappa shape index (κ2) is 9.24. The fourth-order valence-electron chi connectivity index (χ4n) is 5.67. The number of rotatable bonds is 3. The molecule has 0 radical (unpaired) electrons. The Kier molecular flexibility index (Phi) is 6.59. The van der Waals surface area contributed by atoms with Gasteiger partial charge in [0.2, 0.25) is 0 Å². The molecule has 1 saturated carbocycles. The molecule has 0 saturated heterocycles. The van der Waals surface area contributed by atoms with E-state index in [0.717, 1.165) is 24.7 Å². The lowest BCUT2D eigenvalue weighted by Gasteiger charge is -2.50. The Labute approximate surface area is 212 Å². The number of benzene rings is 1. The van der Waals surface area contributed by atoms with E-state index < -0.39 is 5.97 Å². The quantitative estimate of drug-likeness (QED) is 0.484. The minimum Gasteiger partial charge on any atom is -0.513 e. The van der Waals surface area contributed by atoms with Crippen LogP contribution < -0.4 is 5.35 Å². The monoisotopic (exact) mass is 488 g/mol. The zero-order chi connectivity index (χ0) is 26.4. The van der Waals surface area contributed by atoms with E-state index in [0.29, 0.717) is 11.7 Å². The minimum absolute atomic E-state index is 0.0147. The molecule has 7 nitrogen and oxygen atoms in total. The highest BCUT2D eigenvalue weighted by atomic mass is 16.5. The Balaban J connectivity index is 1.83. The summed E-state index contributed by atoms with van der Waals surface area (Å²) >= 11 is 0. The van der Waals surface area contributed by atoms with Gasteiger partial charge in [-0.15, -0.1) is 5.10 Å². The average molecular weight is 489 g/mol. The third kappa shape index (κ3) is 4.57. The summed E-state index contributed by atoms with van der Waals surface area (Å²) in [4.78, 5) is 18.4. The number of aliphatic hydroxyl groups is 1. The van der Waals surface area contributed by atoms with E-state index >= 15 is 0 Å². The molecule has 1 N–H and O–H groups in total. The summed E-state index contributed by atoms with van der Waals surface area (Å²) in [5.41, 5.74) is 0.903. The smallest absolute Gasteiger partial charge is 0.343 e. The summed E-state index contributed by atoms with van der Waals surface area (Å²) in [7, 11) is 0. The van der Waals surface area contributed by atoms with E-state index in [4.69, 9.17) is 4.74 Å². The number of hydrogen-bond donors (Lipinski definition) is 1. The molecular weight excluding hydrogens is 452 g/mol. The first kappa shape index (κ1) is 25.7. The van der Waals surface area contributed by atoms with Gasteiger partial charge in [0.15, 0.2) is 11.5 Å². The maximum Gasteiger partial charge on any atom is 0.343 e. The second-order valence-corrected chi connectivity index (χ2v) is 12.3. The van der Waals surface area contributed by atoms with Crippen molar-refractivity contribution in [1.82, 2.24) is 14.6 Å². The van der Waals surface area contributed by atoms with Gasteiger partial charge in [0, 0.05) is 17.4 Å². The van der Waals surface area contributed by atoms with Crippen molar-refractivity contribution in [1.29, 1.82) is 5.26 Å². The van der Waals surface area contributed by atoms with Gasteiger partial charge in [0.05, 0.1) is 5.56 Å². The van der Waals surface area contributed by atoms with Gasteiger partial charge >= 0.3 is 5.97 Å². The molecular formula is C29H36N4O3. The molecule has 1 aliphatic rings. The lowest BCUT2D eigenvalue weighted by molar-refractivity contribution is -0.0922. The summed E-state index contributed by atoms with van der Waals surface area (Å²) in [6.07, 6.45) is 2.42. The first-order valence-electron chi connectivity index (χ1n) is 12.6. The Morgan fingerprint density at radius 2 is 1.69 bits per heavy atom. The van der Waals surface area contributed by atoms with Crippen molar-refractivity contribution >= 4 is 17.9 Å². The number of aromatic nitrogens is 3. The Morgan fingerprint density at radius 1 is 1.11 bits per heavy atom. The first-order chi connectivity index (χ1) is 16.9. The molecule has 4 rings (SSSR count). The molecule has 1 fully saturated rings. The molecule has 2 atom stereocenters. The lowest BCUT2D eigenvalue weighted by Crippen LogP contribution is -2.49. The molecule has 190 valence electrons. The van der Waals surface area contributed by atoms with Gasteiger partial charge in [0.25, 0.3) is 0 Å². The third-order valence-corrected chi connectivity index (χ3v) is 7.61. The van der Waals surface area contributed by atoms with Crippen molar-refractivity contribution in [2.45, 2.75) is 67.4 Å². The van der Waals surface area contributed by atoms with Crippen LogP contribution in [0.1, 0.15) is 77.2 Å². The topological polar surface area (TPSA) is 101 Å². The number of nitriles is 1. The van der Waals surface area contributed by atoms with Crippen LogP contribution in [0.15, 0.2) is 30.3 Å². The zero-order valence-electron chi connectivity index (χ0n) is 22.2. The highest BCUT2D eigenvalue weighted by molar-refractivity contribution is 5.99. The molecule has 0 aliphatic heterocycles. The van der Waals surface area contributed by atoms with Crippen molar-refractivity contribution in [3.63, 3.8) is 0 Å². The van der Waals surface area contributed by atoms with Crippen molar-refractivity contribution in [2.24, 2.45) is 28.6 Å². The molecule has 36 heavy (non-hydrogen) atoms. The molecule has 2 aromatic heterocycles. The number of nitrogens with zero attached hydrogens (tertiary/aromatic N) is 4. The van der Waals surface area contributed by atoms with Crippen molar-refractivity contribution in [2.75, 3.05) is 0 Å². The number of fused-ring (bicyclic) bond motifs is 1. The van der Waals surface area contributed by atoms with Gasteiger partial charge < -0.3 is 9.84 Å². The largest absolute Gasteiger partial charge is 0.513 e. The van der Waals surface area contributed by atoms with E-state index in [2.05, 4.69) is 64.6 Å². The van der Waals surface area contributed by atoms with Gasteiger partial charge in [0.1, 0.15) is 29.3 Å². The number of carbonyl (C=O) groups is 1. The summed E-state index contributed by atoms with van der Waals surface area (Å²) < 4.78 is 7.71. The summed E-state index contributed by atoms with van der Waals surface area (Å²) in [6.45, 7) is 15.4. The predicted octanol–water partition coefficient (Wildman–Crippen LogP) is 5.56. The van der Waals surface area contributed by atoms with Gasteiger partial charge in [-0.1, -0.05) is 78.8 Å². The van der Waals surface area contributed by atoms with Gasteiger partial charge in [-0.3, -0.25) is 0 Å². The lowest BCUT2D eigenvalue weighted by atomic mass is 9.59. The Morgan fingerprint density at radius 3 is 2.19 bits per heavy atom. The van der Waals surface area contributed by atoms with Crippen molar-refractivity contribution in [3.8, 4) is 17.5 Å². The highest BCUT2D eigenvalue weighted by Gasteiger charge is 2.48. The number of carbonyl (C=O) groups excluding carboxylic acids is 1. The molecule has 0 amide bonds. The van der Waals surface area contributed by atoms with Crippen LogP contribution in [0.25, 0.3) is 23.3 Å². The van der Waals surface area contributed by atoms with Gasteiger partial charge in [-0.2, -0.15) is 5.26 Å². The Hall–Kier alpha value is -3.40. The summed E-state index contributed by atoms with van der Waals surface area (Å²) in [5, 5.41) is 24.5. The summed E-state index contributed by atoms with van der Waals surface area (Å²) in [5.74, 6) is 0.646. The van der Waals surface area contributed by atoms with Crippen LogP contribution in [0.2, 0.25) is 0 Å². The van der Waals surface area contributed by atoms with Crippen molar-refractivity contribution < 1.29 is 14.6 Å². The normalized spacial score (nSPS) is 23.6. The van der Waals surface area contributed by atoms with E-state index in [-0.39, 0.29) is 50.9 Å². The molecule has 3 aromatic rings. The molecule has 2 heterocycles. The third-order valence-electron chi connectivity index (χ3n) is 7.61. The number of ether oxygens (including phenoxy) is 1. The number of aliphatic hydroxyl groups excluding tert-OH is 1. The predicted molar refractivity (Wildman–Crippen MR) is 139 cm³/mol. The van der Waals surface area contributed by atoms with Gasteiger partial charge in [-0.05, 0) is 29.6 Å². The van der Waals surface area contributed by atoms with Crippen LogP contribution in [0.3, 0.4) is 0 Å². The minimum atomic E-state index is -0.597. The highest BCUT2D eigenvalue weighted by Crippen LogP contribution is 2.49. The number of esters is 1. The standard InChI is InChI=1S/C29H36N4O3/c1-17-13-20(28(2,3)4)24(21(14-17)29(5,6)7)36-27(35)23-19(15-30)22(16-34)33-26(23)31-25(32-33)18-11-9-8-10-12-18/h8-12,16-17,20-21,24,34H,13-14H2,1-7H3/b22-16-. The van der Waals surface area contributed by atoms with Crippen LogP contribution in [-0.4, -0.2) is 31.8 Å². The summed E-state index contributed by atoms with van der Waals surface area (Å²) in [6, 6.07) is 11.4. The number of hydrogen-bond acceptors (Lipinski definition) is 6. The van der Waals surface area contributed by atoms with Gasteiger partial charge in [-0.25, -0.2) is 14.3 Å². The van der Waals surface area contributed by atoms with Crippen LogP contribution in [0.5, 0.6) is 0 Å². The van der Waals surface area contributed by atoms with E-state index in [9.17, 15) is 15.2 Å². The first-order valence-corrected chi connectivity index (χ1v) is 12.6. The SMILES string of the molecule is CC1CC(C(C)(C)C)C(OC(=O)c2c(C#N)/c(=C/O)n3nc(-c4ccccc4)nc23)C(C(C)(C)C)C1. The van der Waals surface area contributed by atoms with Crippen LogP contribution in [-0.2, 0) is 4.74 Å². The van der Waals surface area contributed by atoms with Crippen molar-refractivity contribution in [3.05, 3.63) is 46.8 Å². The molecule has 0 bridgehead atoms. The fourth-order valence-corrected chi connectivity index (χ4v) is 5.67. The molecule has 1 aliphatic carbocycles. The maximum atomic E-state index is 13.9. The van der Waals surface area contributed by atoms with Crippen LogP contribution in [0.4, 0.5) is 0 Å². The van der Waals surface area contributed by atoms with E-state index in [1.165, 1.54) is 4.52 Å². The average Bonchev–Trinajstić information content (AvgIpc) is 3.35. The van der Waals surface area contributed by atoms with E-state index in [1.54, 1.807) is 0 Å². The molecule has 2 unspecified atom stereocenters. The van der Waals surface area contributed by atoms with E-state index in [1.807, 2.05) is 30.3 Å². The van der Waals surface area contributed by atoms with Crippen LogP contribution >= 0.6 is 0 Å². The zero-order valence-corrected chi connectivity index (χ0v) is 22.2. The molecule has 1 aromatic carbocycles. The van der Waals surface area contributed by atoms with Crippen LogP contribution in [0, 0.1) is 39.9 Å². The maximum absolute atomic E-state index is 13.9. The molecule has 0 spiro atoms. The fraction of sp³-hybridized carbons (Fsp3) is 0.517.